The smallest absolute Gasteiger partial charge is 0.131 e. The number of rotatable bonds is 4. The van der Waals surface area contributed by atoms with Crippen LogP contribution in [0, 0.1) is 0 Å². The average molecular weight is 311 g/mol. The van der Waals surface area contributed by atoms with Gasteiger partial charge in [0.15, 0.2) is 0 Å². The summed E-state index contributed by atoms with van der Waals surface area (Å²) in [5, 5.41) is 13.8. The Bertz CT molecular complexity index is 586. The van der Waals surface area contributed by atoms with Crippen LogP contribution in [0.2, 0.25) is 5.15 Å². The molecule has 0 saturated carbocycles. The van der Waals surface area contributed by atoms with Crippen molar-refractivity contribution in [2.75, 3.05) is 6.54 Å². The molecule has 3 heterocycles. The summed E-state index contributed by atoms with van der Waals surface area (Å²) in [7, 11) is 0. The number of piperidine rings is 1. The van der Waals surface area contributed by atoms with Gasteiger partial charge in [0.25, 0.3) is 0 Å². The van der Waals surface area contributed by atoms with Crippen molar-refractivity contribution in [2.24, 2.45) is 0 Å². The number of aliphatic hydroxyl groups excluding tert-OH is 1. The molecule has 2 atom stereocenters. The van der Waals surface area contributed by atoms with Crippen LogP contribution < -0.4 is 5.32 Å². The molecule has 2 N–H and O–H groups in total. The highest BCUT2D eigenvalue weighted by atomic mass is 35.5. The number of hydrogen-bond acceptors (Lipinski definition) is 4. The highest BCUT2D eigenvalue weighted by Crippen LogP contribution is 2.18. The molecule has 0 spiro atoms. The molecule has 21 heavy (non-hydrogen) atoms. The predicted molar refractivity (Wildman–Crippen MR) is 85.5 cm³/mol. The summed E-state index contributed by atoms with van der Waals surface area (Å²) in [5.74, 6) is 0. The molecule has 6 heteroatoms. The van der Waals surface area contributed by atoms with Crippen molar-refractivity contribution < 1.29 is 5.11 Å². The molecule has 0 amide bonds. The lowest BCUT2D eigenvalue weighted by atomic mass is 9.97. The van der Waals surface area contributed by atoms with E-state index < -0.39 is 0 Å². The van der Waals surface area contributed by atoms with Crippen LogP contribution in [0.3, 0.4) is 0 Å². The normalized spacial score (nSPS) is 22.2. The number of hydrogen-bond donors (Lipinski definition) is 2. The Kier molecular flexibility index (Phi) is 5.56. The lowest BCUT2D eigenvalue weighted by Gasteiger charge is -2.29. The molecular formula is C15H23ClN4O. The SMILES string of the molecule is C.O[C@H]1CCCN[C@@H]1CCCn1cnc2cnc(Cl)cc21. The van der Waals surface area contributed by atoms with Crippen molar-refractivity contribution in [3.8, 4) is 0 Å². The molecule has 0 radical (unpaired) electrons. The fraction of sp³-hybridized carbons (Fsp3) is 0.600. The number of nitrogens with zero attached hydrogens (tertiary/aromatic N) is 3. The fourth-order valence-corrected chi connectivity index (χ4v) is 2.98. The number of aryl methyl sites for hydroxylation is 1. The van der Waals surface area contributed by atoms with Crippen LogP contribution in [0.1, 0.15) is 33.1 Å². The third kappa shape index (κ3) is 3.73. The fourth-order valence-electron chi connectivity index (χ4n) is 2.83. The Labute approximate surface area is 130 Å². The minimum atomic E-state index is -0.207. The summed E-state index contributed by atoms with van der Waals surface area (Å²) in [6, 6.07) is 2.07. The van der Waals surface area contributed by atoms with Crippen LogP contribution in [0.4, 0.5) is 0 Å². The average Bonchev–Trinajstić information content (AvgIpc) is 2.83. The standard InChI is InChI=1S/C14H19ClN4O.CH4/c15-14-7-12-11(8-17-14)18-9-19(12)6-2-3-10-13(20)4-1-5-16-10;/h7-10,13,16,20H,1-6H2;1H4/t10-,13+;/m1./s1. The molecule has 5 nitrogen and oxygen atoms in total. The first-order chi connectivity index (χ1) is 9.74. The minimum absolute atomic E-state index is 0. The van der Waals surface area contributed by atoms with Gasteiger partial charge >= 0.3 is 0 Å². The zero-order chi connectivity index (χ0) is 13.9. The van der Waals surface area contributed by atoms with E-state index in [-0.39, 0.29) is 19.6 Å². The second-order valence-corrected chi connectivity index (χ2v) is 5.73. The third-order valence-electron chi connectivity index (χ3n) is 3.94. The van der Waals surface area contributed by atoms with Gasteiger partial charge < -0.3 is 15.0 Å². The summed E-state index contributed by atoms with van der Waals surface area (Å²) in [6.45, 7) is 1.89. The van der Waals surface area contributed by atoms with Gasteiger partial charge in [0.05, 0.1) is 24.1 Å². The van der Waals surface area contributed by atoms with Gasteiger partial charge in [-0.05, 0) is 32.2 Å². The van der Waals surface area contributed by atoms with Crippen LogP contribution in [0.15, 0.2) is 18.6 Å². The topological polar surface area (TPSA) is 63.0 Å². The van der Waals surface area contributed by atoms with Gasteiger partial charge in [-0.2, -0.15) is 0 Å². The Balaban J connectivity index is 0.00000161. The van der Waals surface area contributed by atoms with Crippen molar-refractivity contribution in [3.63, 3.8) is 0 Å². The maximum atomic E-state index is 9.93. The lowest BCUT2D eigenvalue weighted by Crippen LogP contribution is -2.44. The van der Waals surface area contributed by atoms with Gasteiger partial charge in [-0.15, -0.1) is 0 Å². The molecule has 3 rings (SSSR count). The number of nitrogens with one attached hydrogen (secondary N) is 1. The number of aliphatic hydroxyl groups is 1. The van der Waals surface area contributed by atoms with Crippen molar-refractivity contribution in [2.45, 2.75) is 51.8 Å². The number of imidazole rings is 1. The van der Waals surface area contributed by atoms with E-state index in [4.69, 9.17) is 11.6 Å². The molecule has 2 aromatic rings. The van der Waals surface area contributed by atoms with E-state index in [0.29, 0.717) is 5.15 Å². The zero-order valence-electron chi connectivity index (χ0n) is 11.3. The van der Waals surface area contributed by atoms with Crippen LogP contribution in [-0.4, -0.2) is 38.3 Å². The van der Waals surface area contributed by atoms with Crippen molar-refractivity contribution in [1.82, 2.24) is 19.9 Å². The van der Waals surface area contributed by atoms with Crippen molar-refractivity contribution >= 4 is 22.6 Å². The highest BCUT2D eigenvalue weighted by molar-refractivity contribution is 6.29. The Morgan fingerprint density at radius 1 is 1.43 bits per heavy atom. The molecule has 1 fully saturated rings. The monoisotopic (exact) mass is 310 g/mol. The summed E-state index contributed by atoms with van der Waals surface area (Å²) in [6.07, 6.45) is 7.26. The predicted octanol–water partition coefficient (Wildman–Crippen LogP) is 2.61. The van der Waals surface area contributed by atoms with Gasteiger partial charge in [-0.3, -0.25) is 0 Å². The van der Waals surface area contributed by atoms with Gasteiger partial charge in [0, 0.05) is 18.7 Å². The van der Waals surface area contributed by atoms with E-state index in [2.05, 4.69) is 19.9 Å². The minimum Gasteiger partial charge on any atom is -0.392 e. The molecule has 0 unspecified atom stereocenters. The van der Waals surface area contributed by atoms with Gasteiger partial charge in [0.2, 0.25) is 0 Å². The summed E-state index contributed by atoms with van der Waals surface area (Å²) in [4.78, 5) is 8.35. The zero-order valence-corrected chi connectivity index (χ0v) is 12.1. The van der Waals surface area contributed by atoms with Crippen molar-refractivity contribution in [3.05, 3.63) is 23.7 Å². The molecule has 1 aliphatic heterocycles. The van der Waals surface area contributed by atoms with E-state index in [9.17, 15) is 5.11 Å². The second-order valence-electron chi connectivity index (χ2n) is 5.35. The van der Waals surface area contributed by atoms with Crippen molar-refractivity contribution in [1.29, 1.82) is 0 Å². The molecule has 0 bridgehead atoms. The first-order valence-corrected chi connectivity index (χ1v) is 7.49. The molecular weight excluding hydrogens is 288 g/mol. The second kappa shape index (κ2) is 7.20. The number of fused-ring (bicyclic) bond motifs is 1. The van der Waals surface area contributed by atoms with Gasteiger partial charge in [-0.25, -0.2) is 9.97 Å². The van der Waals surface area contributed by atoms with Gasteiger partial charge in [-0.1, -0.05) is 19.0 Å². The molecule has 2 aromatic heterocycles. The lowest BCUT2D eigenvalue weighted by molar-refractivity contribution is 0.0909. The van der Waals surface area contributed by atoms with Crippen LogP contribution >= 0.6 is 11.6 Å². The quantitative estimate of drug-likeness (QED) is 0.852. The first kappa shape index (κ1) is 16.2. The number of pyridine rings is 1. The Hall–Kier alpha value is -1.17. The Morgan fingerprint density at radius 2 is 2.29 bits per heavy atom. The molecule has 1 saturated heterocycles. The maximum Gasteiger partial charge on any atom is 0.131 e. The van der Waals surface area contributed by atoms with E-state index in [1.54, 1.807) is 6.20 Å². The van der Waals surface area contributed by atoms with E-state index in [1.165, 1.54) is 0 Å². The maximum absolute atomic E-state index is 9.93. The highest BCUT2D eigenvalue weighted by Gasteiger charge is 2.21. The largest absolute Gasteiger partial charge is 0.392 e. The van der Waals surface area contributed by atoms with Crippen LogP contribution in [0.5, 0.6) is 0 Å². The van der Waals surface area contributed by atoms with E-state index in [0.717, 1.165) is 49.8 Å². The Morgan fingerprint density at radius 3 is 3.10 bits per heavy atom. The molecule has 1 aliphatic rings. The number of aromatic nitrogens is 3. The third-order valence-corrected chi connectivity index (χ3v) is 4.14. The summed E-state index contributed by atoms with van der Waals surface area (Å²) < 4.78 is 2.10. The molecule has 116 valence electrons. The van der Waals surface area contributed by atoms with E-state index >= 15 is 0 Å². The number of halogens is 1. The summed E-state index contributed by atoms with van der Waals surface area (Å²) >= 11 is 5.93. The van der Waals surface area contributed by atoms with E-state index in [1.807, 2.05) is 12.4 Å². The van der Waals surface area contributed by atoms with Crippen LogP contribution in [0.25, 0.3) is 11.0 Å². The van der Waals surface area contributed by atoms with Gasteiger partial charge in [0.1, 0.15) is 10.7 Å². The summed E-state index contributed by atoms with van der Waals surface area (Å²) in [5.41, 5.74) is 1.88. The van der Waals surface area contributed by atoms with Crippen LogP contribution in [-0.2, 0) is 6.54 Å². The molecule has 0 aromatic carbocycles. The molecule has 0 aliphatic carbocycles. The first-order valence-electron chi connectivity index (χ1n) is 7.12.